The van der Waals surface area contributed by atoms with Gasteiger partial charge in [0.25, 0.3) is 5.56 Å². The lowest BCUT2D eigenvalue weighted by Gasteiger charge is -2.11. The normalized spacial score (nSPS) is 12.4. The predicted molar refractivity (Wildman–Crippen MR) is 98.7 cm³/mol. The van der Waals surface area contributed by atoms with Crippen molar-refractivity contribution in [2.75, 3.05) is 0 Å². The molecule has 0 radical (unpaired) electrons. The van der Waals surface area contributed by atoms with Crippen LogP contribution in [0, 0.1) is 0 Å². The first kappa shape index (κ1) is 18.0. The monoisotopic (exact) mass is 374 g/mol. The smallest absolute Gasteiger partial charge is 0.332 e. The van der Waals surface area contributed by atoms with Crippen molar-refractivity contribution in [1.82, 2.24) is 18.7 Å². The summed E-state index contributed by atoms with van der Waals surface area (Å²) >= 11 is 1.04. The van der Waals surface area contributed by atoms with Gasteiger partial charge in [-0.25, -0.2) is 9.78 Å². The Balaban J connectivity index is 2.28. The second-order valence-corrected chi connectivity index (χ2v) is 7.25. The van der Waals surface area contributed by atoms with Crippen LogP contribution in [0.1, 0.15) is 12.5 Å². The highest BCUT2D eigenvalue weighted by Crippen LogP contribution is 2.26. The van der Waals surface area contributed by atoms with Crippen molar-refractivity contribution in [3.05, 3.63) is 56.7 Å². The molecule has 9 heteroatoms. The summed E-state index contributed by atoms with van der Waals surface area (Å²) < 4.78 is 4.00. The van der Waals surface area contributed by atoms with Gasteiger partial charge in [-0.15, -0.1) is 0 Å². The van der Waals surface area contributed by atoms with Crippen LogP contribution in [0.2, 0.25) is 0 Å². The minimum absolute atomic E-state index is 0.245. The molecule has 2 heterocycles. The number of aromatic nitrogens is 4. The average molecular weight is 374 g/mol. The molecule has 3 aromatic rings. The second-order valence-electron chi connectivity index (χ2n) is 5.94. The lowest BCUT2D eigenvalue weighted by molar-refractivity contribution is -0.136. The third kappa shape index (κ3) is 3.05. The van der Waals surface area contributed by atoms with Crippen molar-refractivity contribution in [2.24, 2.45) is 14.1 Å². The Morgan fingerprint density at radius 2 is 1.85 bits per heavy atom. The SMILES string of the molecule is CC(Sc1nc2c(c(=O)n(C)c(=O)n2C)n1Cc1ccccc1)C(=O)O. The van der Waals surface area contributed by atoms with Gasteiger partial charge in [-0.2, -0.15) is 0 Å². The van der Waals surface area contributed by atoms with Crippen molar-refractivity contribution < 1.29 is 9.90 Å². The molecule has 0 spiro atoms. The van der Waals surface area contributed by atoms with E-state index in [1.54, 1.807) is 18.5 Å². The summed E-state index contributed by atoms with van der Waals surface area (Å²) in [5.74, 6) is -0.977. The number of fused-ring (bicyclic) bond motifs is 1. The van der Waals surface area contributed by atoms with Gasteiger partial charge in [0, 0.05) is 14.1 Å². The van der Waals surface area contributed by atoms with Gasteiger partial charge in [0.05, 0.1) is 6.54 Å². The fraction of sp³-hybridized carbons (Fsp3) is 0.294. The van der Waals surface area contributed by atoms with Crippen LogP contribution in [0.3, 0.4) is 0 Å². The van der Waals surface area contributed by atoms with Crippen molar-refractivity contribution in [3.63, 3.8) is 0 Å². The largest absolute Gasteiger partial charge is 0.480 e. The van der Waals surface area contributed by atoms with E-state index in [4.69, 9.17) is 0 Å². The highest BCUT2D eigenvalue weighted by molar-refractivity contribution is 8.00. The highest BCUT2D eigenvalue weighted by Gasteiger charge is 2.23. The third-order valence-electron chi connectivity index (χ3n) is 4.13. The molecule has 0 bridgehead atoms. The zero-order valence-electron chi connectivity index (χ0n) is 14.5. The van der Waals surface area contributed by atoms with E-state index in [-0.39, 0.29) is 11.2 Å². The van der Waals surface area contributed by atoms with E-state index in [2.05, 4.69) is 4.98 Å². The Kier molecular flexibility index (Phi) is 4.73. The zero-order valence-corrected chi connectivity index (χ0v) is 15.4. The molecule has 8 nitrogen and oxygen atoms in total. The minimum Gasteiger partial charge on any atom is -0.480 e. The Bertz CT molecular complexity index is 1100. The summed E-state index contributed by atoms with van der Waals surface area (Å²) in [6.45, 7) is 1.90. The first-order valence-corrected chi connectivity index (χ1v) is 8.79. The van der Waals surface area contributed by atoms with E-state index in [1.807, 2.05) is 30.3 Å². The number of thioether (sulfide) groups is 1. The number of carboxylic acid groups (broad SMARTS) is 1. The number of aryl methyl sites for hydroxylation is 1. The molecule has 0 aliphatic heterocycles. The molecule has 136 valence electrons. The molecule has 0 fully saturated rings. The van der Waals surface area contributed by atoms with Crippen LogP contribution in [0.5, 0.6) is 0 Å². The number of hydrogen-bond donors (Lipinski definition) is 1. The summed E-state index contributed by atoms with van der Waals surface area (Å²) in [4.78, 5) is 40.6. The molecule has 1 aromatic carbocycles. The molecule has 0 saturated heterocycles. The predicted octanol–water partition coefficient (Wildman–Crippen LogP) is 1.05. The summed E-state index contributed by atoms with van der Waals surface area (Å²) in [5.41, 5.74) is 0.524. The average Bonchev–Trinajstić information content (AvgIpc) is 2.97. The summed E-state index contributed by atoms with van der Waals surface area (Å²) in [5, 5.41) is 8.86. The van der Waals surface area contributed by atoms with Gasteiger partial charge in [-0.3, -0.25) is 18.7 Å². The van der Waals surface area contributed by atoms with Crippen molar-refractivity contribution in [3.8, 4) is 0 Å². The summed E-state index contributed by atoms with van der Waals surface area (Å²) in [6.07, 6.45) is 0. The molecule has 3 rings (SSSR count). The molecule has 1 unspecified atom stereocenters. The molecular weight excluding hydrogens is 356 g/mol. The van der Waals surface area contributed by atoms with Gasteiger partial charge in [0.2, 0.25) is 0 Å². The van der Waals surface area contributed by atoms with Crippen LogP contribution in [0.15, 0.2) is 45.1 Å². The molecule has 0 aliphatic rings. The summed E-state index contributed by atoms with van der Waals surface area (Å²) in [7, 11) is 2.95. The summed E-state index contributed by atoms with van der Waals surface area (Å²) in [6, 6.07) is 9.48. The van der Waals surface area contributed by atoms with Crippen LogP contribution in [-0.4, -0.2) is 35.0 Å². The van der Waals surface area contributed by atoms with Crippen LogP contribution in [0.25, 0.3) is 11.2 Å². The van der Waals surface area contributed by atoms with Gasteiger partial charge in [-0.05, 0) is 12.5 Å². The number of aliphatic carboxylic acids is 1. The first-order valence-electron chi connectivity index (χ1n) is 7.91. The standard InChI is InChI=1S/C17H18N4O4S/c1-10(15(23)24)26-16-18-13-12(14(22)20(3)17(25)19(13)2)21(16)9-11-7-5-4-6-8-11/h4-8,10H,9H2,1-3H3,(H,23,24). The number of imidazole rings is 1. The maximum Gasteiger partial charge on any atom is 0.332 e. The first-order chi connectivity index (χ1) is 12.3. The number of benzene rings is 1. The molecule has 26 heavy (non-hydrogen) atoms. The van der Waals surface area contributed by atoms with Crippen LogP contribution >= 0.6 is 11.8 Å². The minimum atomic E-state index is -0.977. The number of nitrogens with zero attached hydrogens (tertiary/aromatic N) is 4. The van der Waals surface area contributed by atoms with Gasteiger partial charge < -0.3 is 9.67 Å². The quantitative estimate of drug-likeness (QED) is 0.670. The van der Waals surface area contributed by atoms with Gasteiger partial charge in [0.15, 0.2) is 16.3 Å². The zero-order chi connectivity index (χ0) is 19.0. The fourth-order valence-corrected chi connectivity index (χ4v) is 3.48. The van der Waals surface area contributed by atoms with E-state index < -0.39 is 22.5 Å². The van der Waals surface area contributed by atoms with E-state index in [9.17, 15) is 19.5 Å². The number of carboxylic acids is 1. The van der Waals surface area contributed by atoms with Crippen LogP contribution < -0.4 is 11.2 Å². The molecule has 1 atom stereocenters. The van der Waals surface area contributed by atoms with Crippen LogP contribution in [-0.2, 0) is 25.4 Å². The van der Waals surface area contributed by atoms with Gasteiger partial charge >= 0.3 is 11.7 Å². The second kappa shape index (κ2) is 6.83. The lowest BCUT2D eigenvalue weighted by atomic mass is 10.2. The molecule has 2 aromatic heterocycles. The molecule has 0 amide bonds. The Labute approximate surface area is 152 Å². The Morgan fingerprint density at radius 1 is 1.19 bits per heavy atom. The maximum absolute atomic E-state index is 12.7. The van der Waals surface area contributed by atoms with E-state index in [0.29, 0.717) is 11.7 Å². The lowest BCUT2D eigenvalue weighted by Crippen LogP contribution is -2.37. The van der Waals surface area contributed by atoms with E-state index in [1.165, 1.54) is 11.6 Å². The van der Waals surface area contributed by atoms with Crippen molar-refractivity contribution >= 4 is 28.9 Å². The van der Waals surface area contributed by atoms with Crippen molar-refractivity contribution in [1.29, 1.82) is 0 Å². The molecular formula is C17H18N4O4S. The number of carbonyl (C=O) groups is 1. The fourth-order valence-electron chi connectivity index (χ4n) is 2.64. The van der Waals surface area contributed by atoms with Gasteiger partial charge in [0.1, 0.15) is 5.25 Å². The number of hydrogen-bond acceptors (Lipinski definition) is 5. The van der Waals surface area contributed by atoms with Crippen molar-refractivity contribution in [2.45, 2.75) is 23.9 Å². The number of rotatable bonds is 5. The van der Waals surface area contributed by atoms with Gasteiger partial charge in [-0.1, -0.05) is 42.1 Å². The van der Waals surface area contributed by atoms with E-state index in [0.717, 1.165) is 21.9 Å². The molecule has 0 aliphatic carbocycles. The highest BCUT2D eigenvalue weighted by atomic mass is 32.2. The van der Waals surface area contributed by atoms with E-state index >= 15 is 0 Å². The molecule has 1 N–H and O–H groups in total. The molecule has 0 saturated carbocycles. The third-order valence-corrected chi connectivity index (χ3v) is 5.20. The topological polar surface area (TPSA) is 99.1 Å². The Morgan fingerprint density at radius 3 is 2.46 bits per heavy atom. The van der Waals surface area contributed by atoms with Crippen LogP contribution in [0.4, 0.5) is 0 Å². The maximum atomic E-state index is 12.7. The Hall–Kier alpha value is -2.81.